The zero-order valence-electron chi connectivity index (χ0n) is 9.30. The van der Waals surface area contributed by atoms with E-state index in [-0.39, 0.29) is 0 Å². The highest BCUT2D eigenvalue weighted by Gasteiger charge is 2.12. The first-order chi connectivity index (χ1) is 8.19. The number of nitrogens with two attached hydrogens (primary N) is 1. The lowest BCUT2D eigenvalue weighted by Gasteiger charge is -2.09. The highest BCUT2D eigenvalue weighted by molar-refractivity contribution is 7.71. The maximum atomic E-state index is 6.00. The van der Waals surface area contributed by atoms with Crippen LogP contribution in [0.3, 0.4) is 0 Å². The third-order valence-electron chi connectivity index (χ3n) is 2.41. The second-order valence-electron chi connectivity index (χ2n) is 3.33. The predicted octanol–water partition coefficient (Wildman–Crippen LogP) is 2.30. The van der Waals surface area contributed by atoms with Crippen molar-refractivity contribution in [2.75, 3.05) is 12.8 Å². The van der Waals surface area contributed by atoms with Crippen LogP contribution in [0, 0.1) is 4.77 Å². The molecule has 0 aliphatic rings. The zero-order chi connectivity index (χ0) is 12.4. The van der Waals surface area contributed by atoms with Crippen LogP contribution in [-0.2, 0) is 0 Å². The Bertz CT molecular complexity index is 614. The third kappa shape index (κ3) is 1.83. The number of benzene rings is 1. The van der Waals surface area contributed by atoms with Gasteiger partial charge in [0.2, 0.25) is 0 Å². The minimum Gasteiger partial charge on any atom is -0.495 e. The van der Waals surface area contributed by atoms with Gasteiger partial charge in [-0.05, 0) is 24.4 Å². The van der Waals surface area contributed by atoms with Crippen LogP contribution >= 0.6 is 12.2 Å². The van der Waals surface area contributed by atoms with Crippen LogP contribution in [0.25, 0.3) is 17.6 Å². The van der Waals surface area contributed by atoms with Crippen LogP contribution in [0.4, 0.5) is 5.69 Å². The Morgan fingerprint density at radius 1 is 1.59 bits per heavy atom. The highest BCUT2D eigenvalue weighted by Crippen LogP contribution is 2.31. The molecule has 0 spiro atoms. The molecule has 0 fully saturated rings. The van der Waals surface area contributed by atoms with Gasteiger partial charge in [-0.25, -0.2) is 0 Å². The van der Waals surface area contributed by atoms with Gasteiger partial charge in [-0.1, -0.05) is 12.6 Å². The number of para-hydroxylation sites is 1. The first kappa shape index (κ1) is 11.4. The SMILES string of the molecule is C=Cn1c(-c2cccc(OC)c2N)n[nH]c1=S. The van der Waals surface area contributed by atoms with E-state index in [0.717, 1.165) is 5.56 Å². The van der Waals surface area contributed by atoms with Crippen molar-refractivity contribution < 1.29 is 4.74 Å². The maximum Gasteiger partial charge on any atom is 0.199 e. The average Bonchev–Trinajstić information content (AvgIpc) is 2.70. The van der Waals surface area contributed by atoms with Gasteiger partial charge in [0.15, 0.2) is 10.6 Å². The van der Waals surface area contributed by atoms with E-state index in [0.29, 0.717) is 22.0 Å². The Morgan fingerprint density at radius 3 is 3.00 bits per heavy atom. The molecule has 0 radical (unpaired) electrons. The van der Waals surface area contributed by atoms with E-state index in [4.69, 9.17) is 22.7 Å². The van der Waals surface area contributed by atoms with Crippen molar-refractivity contribution in [3.8, 4) is 17.1 Å². The van der Waals surface area contributed by atoms with Gasteiger partial charge in [-0.3, -0.25) is 9.67 Å². The van der Waals surface area contributed by atoms with E-state index in [1.165, 1.54) is 0 Å². The van der Waals surface area contributed by atoms with Gasteiger partial charge < -0.3 is 10.5 Å². The molecule has 3 N–H and O–H groups in total. The lowest BCUT2D eigenvalue weighted by Crippen LogP contribution is -1.98. The summed E-state index contributed by atoms with van der Waals surface area (Å²) in [5.74, 6) is 1.22. The van der Waals surface area contributed by atoms with Crippen molar-refractivity contribution in [3.05, 3.63) is 29.5 Å². The Morgan fingerprint density at radius 2 is 2.35 bits per heavy atom. The summed E-state index contributed by atoms with van der Waals surface area (Å²) in [5.41, 5.74) is 7.27. The minimum atomic E-state index is 0.470. The monoisotopic (exact) mass is 248 g/mol. The van der Waals surface area contributed by atoms with E-state index in [9.17, 15) is 0 Å². The van der Waals surface area contributed by atoms with Gasteiger partial charge in [0.25, 0.3) is 0 Å². The fourth-order valence-corrected chi connectivity index (χ4v) is 1.79. The number of rotatable bonds is 3. The number of aromatic nitrogens is 3. The molecule has 6 heteroatoms. The van der Waals surface area contributed by atoms with Gasteiger partial charge in [0.05, 0.1) is 12.8 Å². The number of hydrogen-bond donors (Lipinski definition) is 2. The first-order valence-electron chi connectivity index (χ1n) is 4.91. The van der Waals surface area contributed by atoms with Crippen LogP contribution in [0.2, 0.25) is 0 Å². The van der Waals surface area contributed by atoms with Gasteiger partial charge in [0, 0.05) is 11.8 Å². The zero-order valence-corrected chi connectivity index (χ0v) is 10.1. The Hall–Kier alpha value is -2.08. The number of nitrogens with one attached hydrogen (secondary N) is 1. The number of H-pyrrole nitrogens is 1. The molecule has 0 aliphatic carbocycles. The summed E-state index contributed by atoms with van der Waals surface area (Å²) in [6.07, 6.45) is 1.58. The molecule has 5 nitrogen and oxygen atoms in total. The van der Waals surface area contributed by atoms with Gasteiger partial charge >= 0.3 is 0 Å². The Labute approximate surface area is 104 Å². The molecule has 0 bridgehead atoms. The molecule has 0 unspecified atom stereocenters. The van der Waals surface area contributed by atoms with Crippen LogP contribution in [-0.4, -0.2) is 21.9 Å². The molecule has 1 aromatic heterocycles. The fraction of sp³-hybridized carbons (Fsp3) is 0.0909. The molecule has 2 aromatic rings. The molecule has 0 aliphatic heterocycles. The minimum absolute atomic E-state index is 0.470. The summed E-state index contributed by atoms with van der Waals surface area (Å²) in [6, 6.07) is 5.48. The van der Waals surface area contributed by atoms with Crippen molar-refractivity contribution in [1.29, 1.82) is 0 Å². The second-order valence-corrected chi connectivity index (χ2v) is 3.71. The number of aromatic amines is 1. The van der Waals surface area contributed by atoms with Crippen molar-refractivity contribution in [2.24, 2.45) is 0 Å². The predicted molar refractivity (Wildman–Crippen MR) is 70.2 cm³/mol. The van der Waals surface area contributed by atoms with Crippen LogP contribution in [0.15, 0.2) is 24.8 Å². The number of ether oxygens (including phenoxy) is 1. The van der Waals surface area contributed by atoms with Crippen LogP contribution < -0.4 is 10.5 Å². The van der Waals surface area contributed by atoms with E-state index >= 15 is 0 Å². The van der Waals surface area contributed by atoms with Crippen molar-refractivity contribution in [3.63, 3.8) is 0 Å². The third-order valence-corrected chi connectivity index (χ3v) is 2.70. The summed E-state index contributed by atoms with van der Waals surface area (Å²) in [4.78, 5) is 0. The van der Waals surface area contributed by atoms with E-state index in [1.807, 2.05) is 12.1 Å². The molecule has 88 valence electrons. The second kappa shape index (κ2) is 4.42. The summed E-state index contributed by atoms with van der Waals surface area (Å²) in [7, 11) is 1.57. The highest BCUT2D eigenvalue weighted by atomic mass is 32.1. The molecule has 1 heterocycles. The van der Waals surface area contributed by atoms with E-state index < -0.39 is 0 Å². The summed E-state index contributed by atoms with van der Waals surface area (Å²) in [5, 5.41) is 6.83. The topological polar surface area (TPSA) is 68.9 Å². The van der Waals surface area contributed by atoms with E-state index in [1.54, 1.807) is 23.9 Å². The lowest BCUT2D eigenvalue weighted by molar-refractivity contribution is 0.417. The summed E-state index contributed by atoms with van der Waals surface area (Å²) < 4.78 is 7.29. The Balaban J connectivity index is 2.68. The normalized spacial score (nSPS) is 10.2. The number of anilines is 1. The molecule has 17 heavy (non-hydrogen) atoms. The molecule has 0 atom stereocenters. The maximum absolute atomic E-state index is 6.00. The summed E-state index contributed by atoms with van der Waals surface area (Å²) >= 11 is 5.08. The molecular weight excluding hydrogens is 236 g/mol. The molecule has 0 saturated carbocycles. The Kier molecular flexibility index (Phi) is 2.97. The number of nitrogens with zero attached hydrogens (tertiary/aromatic N) is 2. The van der Waals surface area contributed by atoms with Crippen molar-refractivity contribution in [1.82, 2.24) is 14.8 Å². The fourth-order valence-electron chi connectivity index (χ4n) is 1.58. The number of hydrogen-bond acceptors (Lipinski definition) is 4. The first-order valence-corrected chi connectivity index (χ1v) is 5.32. The number of nitrogen functional groups attached to an aromatic ring is 1. The standard InChI is InChI=1S/C11H12N4OS/c1-3-15-10(13-14-11(15)17)7-5-4-6-8(16-2)9(7)12/h3-6H,1,12H2,2H3,(H,14,17). The quantitative estimate of drug-likeness (QED) is 0.646. The molecule has 0 saturated heterocycles. The van der Waals surface area contributed by atoms with Crippen molar-refractivity contribution >= 4 is 24.1 Å². The van der Waals surface area contributed by atoms with Crippen LogP contribution in [0.5, 0.6) is 5.75 Å². The van der Waals surface area contributed by atoms with Crippen molar-refractivity contribution in [2.45, 2.75) is 0 Å². The molecule has 1 aromatic carbocycles. The molecule has 2 rings (SSSR count). The van der Waals surface area contributed by atoms with Gasteiger partial charge in [-0.15, -0.1) is 0 Å². The average molecular weight is 248 g/mol. The van der Waals surface area contributed by atoms with Gasteiger partial charge in [0.1, 0.15) is 5.75 Å². The summed E-state index contributed by atoms with van der Waals surface area (Å²) in [6.45, 7) is 3.69. The largest absolute Gasteiger partial charge is 0.495 e. The van der Waals surface area contributed by atoms with E-state index in [2.05, 4.69) is 16.8 Å². The molecular formula is C11H12N4OS. The van der Waals surface area contributed by atoms with Gasteiger partial charge in [-0.2, -0.15) is 5.10 Å². The van der Waals surface area contributed by atoms with Crippen LogP contribution in [0.1, 0.15) is 0 Å². The lowest BCUT2D eigenvalue weighted by atomic mass is 10.1. The molecule has 0 amide bonds. The smallest absolute Gasteiger partial charge is 0.199 e. The number of methoxy groups -OCH3 is 1.